The lowest BCUT2D eigenvalue weighted by atomic mass is 9.79. The van der Waals surface area contributed by atoms with Gasteiger partial charge in [0, 0.05) is 31.6 Å². The van der Waals surface area contributed by atoms with Gasteiger partial charge in [-0.05, 0) is 47.5 Å². The molecule has 12 nitrogen and oxygen atoms in total. The molecule has 13 heteroatoms. The summed E-state index contributed by atoms with van der Waals surface area (Å²) in [6.45, 7) is 0.685. The van der Waals surface area contributed by atoms with Gasteiger partial charge < -0.3 is 5.73 Å². The third-order valence-electron chi connectivity index (χ3n) is 6.51. The summed E-state index contributed by atoms with van der Waals surface area (Å²) in [7, 11) is -4.80. The van der Waals surface area contributed by atoms with E-state index in [4.69, 9.17) is 10.4 Å². The summed E-state index contributed by atoms with van der Waals surface area (Å²) in [5.41, 5.74) is 6.54. The van der Waals surface area contributed by atoms with E-state index >= 15 is 0 Å². The average Bonchev–Trinajstić information content (AvgIpc) is 3.34. The molecule has 3 N–H and O–H groups in total. The van der Waals surface area contributed by atoms with Crippen LogP contribution in [0.4, 0.5) is 5.69 Å². The molecule has 190 valence electrons. The fraction of sp³-hybridized carbons (Fsp3) is 0.348. The zero-order valence-corrected chi connectivity index (χ0v) is 20.1. The van der Waals surface area contributed by atoms with Crippen LogP contribution in [0.2, 0.25) is 0 Å². The summed E-state index contributed by atoms with van der Waals surface area (Å²) in [4.78, 5) is 24.4. The Bertz CT molecular complexity index is 1380. The summed E-state index contributed by atoms with van der Waals surface area (Å²) in [6, 6.07) is 13.9. The minimum Gasteiger partial charge on any atom is -0.370 e. The van der Waals surface area contributed by atoms with Gasteiger partial charge in [-0.2, -0.15) is 8.42 Å². The number of nitrogens with two attached hydrogens (primary N) is 1. The number of primary amides is 1. The number of carbonyl (C=O) groups excluding carboxylic acids is 1. The monoisotopic (exact) mass is 515 g/mol. The van der Waals surface area contributed by atoms with Gasteiger partial charge in [0.2, 0.25) is 5.91 Å². The predicted octanol–water partition coefficient (Wildman–Crippen LogP) is 2.38. The molecule has 0 aliphatic carbocycles. The van der Waals surface area contributed by atoms with Crippen LogP contribution < -0.4 is 5.73 Å². The lowest BCUT2D eigenvalue weighted by molar-refractivity contribution is -0.385. The van der Waals surface area contributed by atoms with Crippen molar-refractivity contribution in [3.05, 3.63) is 81.0 Å². The molecule has 36 heavy (non-hydrogen) atoms. The first kappa shape index (κ1) is 25.4. The number of hydrogen-bond acceptors (Lipinski definition) is 9. The maximum absolute atomic E-state index is 12.2. The predicted molar refractivity (Wildman–Crippen MR) is 126 cm³/mol. The first-order valence-corrected chi connectivity index (χ1v) is 12.7. The molecule has 0 radical (unpaired) electrons. The van der Waals surface area contributed by atoms with Crippen molar-refractivity contribution < 1.29 is 27.3 Å². The Balaban J connectivity index is 1.87. The van der Waals surface area contributed by atoms with E-state index in [0.717, 1.165) is 11.1 Å². The van der Waals surface area contributed by atoms with Crippen molar-refractivity contribution in [2.75, 3.05) is 6.54 Å². The summed E-state index contributed by atoms with van der Waals surface area (Å²) >= 11 is 0. The number of nitrogens with zero attached hydrogens (tertiary/aromatic N) is 4. The smallest absolute Gasteiger partial charge is 0.317 e. The van der Waals surface area contributed by atoms with Gasteiger partial charge in [-0.25, -0.2) is 4.63 Å². The average molecular weight is 516 g/mol. The Kier molecular flexibility index (Phi) is 7.15. The minimum atomic E-state index is -4.80. The van der Waals surface area contributed by atoms with Crippen LogP contribution in [-0.4, -0.2) is 45.6 Å². The second-order valence-electron chi connectivity index (χ2n) is 8.79. The molecule has 1 aliphatic heterocycles. The van der Waals surface area contributed by atoms with Crippen molar-refractivity contribution in [1.29, 1.82) is 0 Å². The fourth-order valence-corrected chi connectivity index (χ4v) is 5.45. The number of carbonyl (C=O) groups is 1. The maximum atomic E-state index is 12.2. The lowest BCUT2D eigenvalue weighted by Crippen LogP contribution is -2.51. The molecule has 0 fully saturated rings. The van der Waals surface area contributed by atoms with E-state index in [0.29, 0.717) is 18.5 Å². The van der Waals surface area contributed by atoms with Crippen molar-refractivity contribution in [2.24, 2.45) is 5.73 Å². The van der Waals surface area contributed by atoms with Crippen LogP contribution in [0.3, 0.4) is 0 Å². The largest absolute Gasteiger partial charge is 0.370 e. The number of non-ortho nitro benzene ring substituents is 1. The SMILES string of the molecule is NC(=O)CCCC(Cc1ccccc1)(c1nonc1S(=O)(=O)O)N1CCc2ccc([N+](=O)[O-])cc2C1. The van der Waals surface area contributed by atoms with E-state index in [1.807, 2.05) is 35.2 Å². The Labute approximate surface area is 207 Å². The van der Waals surface area contributed by atoms with Gasteiger partial charge in [0.15, 0.2) is 0 Å². The van der Waals surface area contributed by atoms with Gasteiger partial charge in [0.1, 0.15) is 5.69 Å². The van der Waals surface area contributed by atoms with Gasteiger partial charge in [-0.1, -0.05) is 41.6 Å². The van der Waals surface area contributed by atoms with E-state index in [1.54, 1.807) is 6.07 Å². The number of fused-ring (bicyclic) bond motifs is 1. The molecule has 4 rings (SSSR count). The summed E-state index contributed by atoms with van der Waals surface area (Å²) in [5.74, 6) is -0.517. The van der Waals surface area contributed by atoms with Crippen molar-refractivity contribution in [3.63, 3.8) is 0 Å². The molecule has 0 saturated carbocycles. The molecule has 0 spiro atoms. The molecule has 1 atom stereocenters. The first-order chi connectivity index (χ1) is 17.1. The van der Waals surface area contributed by atoms with Crippen LogP contribution in [-0.2, 0) is 39.8 Å². The highest BCUT2D eigenvalue weighted by molar-refractivity contribution is 7.85. The van der Waals surface area contributed by atoms with E-state index < -0.39 is 31.5 Å². The van der Waals surface area contributed by atoms with Crippen LogP contribution in [0.25, 0.3) is 0 Å². The first-order valence-electron chi connectivity index (χ1n) is 11.2. The van der Waals surface area contributed by atoms with Gasteiger partial charge in [0.25, 0.3) is 10.7 Å². The van der Waals surface area contributed by atoms with Crippen molar-refractivity contribution in [2.45, 2.75) is 49.2 Å². The minimum absolute atomic E-state index is 0.0406. The number of nitro groups is 1. The highest BCUT2D eigenvalue weighted by atomic mass is 32.2. The Morgan fingerprint density at radius 2 is 1.94 bits per heavy atom. The quantitative estimate of drug-likeness (QED) is 0.231. The van der Waals surface area contributed by atoms with Crippen LogP contribution in [0.5, 0.6) is 0 Å². The van der Waals surface area contributed by atoms with Gasteiger partial charge in [-0.3, -0.25) is 24.4 Å². The van der Waals surface area contributed by atoms with Crippen molar-refractivity contribution in [1.82, 2.24) is 15.2 Å². The Hall–Kier alpha value is -3.68. The zero-order valence-electron chi connectivity index (χ0n) is 19.2. The Morgan fingerprint density at radius 3 is 2.61 bits per heavy atom. The van der Waals surface area contributed by atoms with E-state index in [2.05, 4.69) is 10.3 Å². The molecule has 1 amide bonds. The van der Waals surface area contributed by atoms with Crippen LogP contribution in [0.1, 0.15) is 41.6 Å². The summed E-state index contributed by atoms with van der Waals surface area (Å²) in [6.07, 6.45) is 1.34. The third-order valence-corrected chi connectivity index (χ3v) is 7.27. The molecule has 0 saturated heterocycles. The number of amides is 1. The number of benzene rings is 2. The van der Waals surface area contributed by atoms with Crippen LogP contribution in [0.15, 0.2) is 58.2 Å². The fourth-order valence-electron chi connectivity index (χ4n) is 4.86. The normalized spacial score (nSPS) is 15.7. The van der Waals surface area contributed by atoms with Gasteiger partial charge in [0.05, 0.1) is 10.5 Å². The van der Waals surface area contributed by atoms with Gasteiger partial charge in [-0.15, -0.1) is 0 Å². The standard InChI is InChI=1S/C23H25N5O7S/c24-20(29)7-4-11-23(14-16-5-2-1-3-6-16,21-22(26-35-25-21)36(32,33)34)27-12-10-17-8-9-19(28(30)31)13-18(17)15-27/h1-3,5-6,8-9,13H,4,7,10-12,14-15H2,(H2,24,29)(H,32,33,34). The molecular weight excluding hydrogens is 490 g/mol. The molecule has 3 aromatic rings. The van der Waals surface area contributed by atoms with Gasteiger partial charge >= 0.3 is 10.1 Å². The van der Waals surface area contributed by atoms with Crippen molar-refractivity contribution in [3.8, 4) is 0 Å². The van der Waals surface area contributed by atoms with Crippen LogP contribution in [0, 0.1) is 10.1 Å². The van der Waals surface area contributed by atoms with E-state index in [1.165, 1.54) is 12.1 Å². The number of nitro benzene ring substituents is 1. The Morgan fingerprint density at radius 1 is 1.19 bits per heavy atom. The molecule has 2 aromatic carbocycles. The molecule has 1 aromatic heterocycles. The second-order valence-corrected chi connectivity index (χ2v) is 10.1. The summed E-state index contributed by atoms with van der Waals surface area (Å²) in [5, 5.41) is 18.1. The van der Waals surface area contributed by atoms with E-state index in [-0.39, 0.29) is 43.6 Å². The molecule has 2 heterocycles. The third kappa shape index (κ3) is 5.27. The summed E-state index contributed by atoms with van der Waals surface area (Å²) < 4.78 is 39.1. The molecule has 1 unspecified atom stereocenters. The number of hydrogen-bond donors (Lipinski definition) is 2. The van der Waals surface area contributed by atoms with Crippen LogP contribution >= 0.6 is 0 Å². The molecule has 0 bridgehead atoms. The lowest BCUT2D eigenvalue weighted by Gasteiger charge is -2.45. The molecule has 1 aliphatic rings. The second kappa shape index (κ2) is 10.1. The van der Waals surface area contributed by atoms with Crippen molar-refractivity contribution >= 4 is 21.7 Å². The molecular formula is C23H25N5O7S. The topological polar surface area (TPSA) is 183 Å². The maximum Gasteiger partial charge on any atom is 0.317 e. The van der Waals surface area contributed by atoms with E-state index in [9.17, 15) is 27.9 Å². The zero-order chi connectivity index (χ0) is 25.9. The number of rotatable bonds is 10. The number of aromatic nitrogens is 2. The highest BCUT2D eigenvalue weighted by Gasteiger charge is 2.46. The highest BCUT2D eigenvalue weighted by Crippen LogP contribution is 2.42.